The molecule has 0 spiro atoms. The lowest BCUT2D eigenvalue weighted by molar-refractivity contribution is 0.0992. The highest BCUT2D eigenvalue weighted by molar-refractivity contribution is 6.15. The van der Waals surface area contributed by atoms with Crippen LogP contribution in [-0.2, 0) is 0 Å². The monoisotopic (exact) mass is 352 g/mol. The summed E-state index contributed by atoms with van der Waals surface area (Å²) in [7, 11) is 0. The molecule has 0 aliphatic carbocycles. The Morgan fingerprint density at radius 2 is 1.70 bits per heavy atom. The lowest BCUT2D eigenvalue weighted by Crippen LogP contribution is -2.28. The van der Waals surface area contributed by atoms with Crippen LogP contribution in [0, 0.1) is 13.8 Å². The molecule has 0 bridgehead atoms. The van der Waals surface area contributed by atoms with Gasteiger partial charge < -0.3 is 0 Å². The molecule has 0 aromatic heterocycles. The molecule has 27 heavy (non-hydrogen) atoms. The molecule has 3 aromatic rings. The molecule has 132 valence electrons. The topological polar surface area (TPSA) is 32.7 Å². The van der Waals surface area contributed by atoms with Gasteiger partial charge in [-0.3, -0.25) is 14.7 Å². The van der Waals surface area contributed by atoms with Crippen molar-refractivity contribution < 1.29 is 4.79 Å². The van der Waals surface area contributed by atoms with Crippen molar-refractivity contribution in [3.8, 4) is 0 Å². The first-order valence-corrected chi connectivity index (χ1v) is 9.30. The van der Waals surface area contributed by atoms with Crippen LogP contribution in [0.4, 0.5) is 11.4 Å². The van der Waals surface area contributed by atoms with E-state index in [9.17, 15) is 4.79 Å². The highest BCUT2D eigenvalue weighted by atomic mass is 16.2. The second-order valence-corrected chi connectivity index (χ2v) is 7.33. The SMILES string of the molecule is Cc1ccc(C2=Nc3ccccc3N3C(=O)c4ccccc4[C@@H]3C2)cc1C. The predicted octanol–water partition coefficient (Wildman–Crippen LogP) is 5.53. The number of carbonyl (C=O) groups excluding carboxylic acids is 1. The maximum Gasteiger partial charge on any atom is 0.259 e. The molecule has 0 fully saturated rings. The zero-order chi connectivity index (χ0) is 18.5. The van der Waals surface area contributed by atoms with E-state index in [2.05, 4.69) is 38.1 Å². The quantitative estimate of drug-likeness (QED) is 0.567. The van der Waals surface area contributed by atoms with Gasteiger partial charge in [-0.05, 0) is 60.4 Å². The summed E-state index contributed by atoms with van der Waals surface area (Å²) in [5.41, 5.74) is 8.34. The fourth-order valence-electron chi connectivity index (χ4n) is 4.11. The lowest BCUT2D eigenvalue weighted by Gasteiger charge is -2.24. The van der Waals surface area contributed by atoms with E-state index in [1.807, 2.05) is 47.4 Å². The zero-order valence-corrected chi connectivity index (χ0v) is 15.4. The highest BCUT2D eigenvalue weighted by Gasteiger charge is 2.40. The molecule has 1 atom stereocenters. The van der Waals surface area contributed by atoms with Crippen LogP contribution in [0.1, 0.15) is 45.1 Å². The van der Waals surface area contributed by atoms with Gasteiger partial charge in [0.15, 0.2) is 0 Å². The summed E-state index contributed by atoms with van der Waals surface area (Å²) in [6.07, 6.45) is 0.708. The number of amides is 1. The maximum absolute atomic E-state index is 13.2. The average Bonchev–Trinajstić information content (AvgIpc) is 2.85. The zero-order valence-electron chi connectivity index (χ0n) is 15.4. The van der Waals surface area contributed by atoms with Crippen molar-refractivity contribution in [2.75, 3.05) is 4.90 Å². The molecule has 3 nitrogen and oxygen atoms in total. The van der Waals surface area contributed by atoms with Crippen molar-refractivity contribution in [1.29, 1.82) is 0 Å². The number of anilines is 1. The Labute approximate surface area is 159 Å². The third-order valence-electron chi connectivity index (χ3n) is 5.70. The second kappa shape index (κ2) is 5.92. The largest absolute Gasteiger partial charge is 0.298 e. The summed E-state index contributed by atoms with van der Waals surface area (Å²) in [6, 6.07) is 22.4. The van der Waals surface area contributed by atoms with Gasteiger partial charge in [-0.2, -0.15) is 0 Å². The summed E-state index contributed by atoms with van der Waals surface area (Å²) >= 11 is 0. The number of aliphatic imine (C=N–C) groups is 1. The normalized spacial score (nSPS) is 17.7. The minimum Gasteiger partial charge on any atom is -0.298 e. The molecular weight excluding hydrogens is 332 g/mol. The van der Waals surface area contributed by atoms with Gasteiger partial charge in [0.1, 0.15) is 0 Å². The number of fused-ring (bicyclic) bond motifs is 5. The van der Waals surface area contributed by atoms with E-state index in [1.165, 1.54) is 11.1 Å². The van der Waals surface area contributed by atoms with Crippen LogP contribution in [-0.4, -0.2) is 11.6 Å². The molecule has 0 radical (unpaired) electrons. The summed E-state index contributed by atoms with van der Waals surface area (Å²) in [5.74, 6) is 0.0691. The number of hydrogen-bond donors (Lipinski definition) is 0. The van der Waals surface area contributed by atoms with Crippen LogP contribution in [0.25, 0.3) is 0 Å². The Bertz CT molecular complexity index is 1110. The van der Waals surface area contributed by atoms with Gasteiger partial charge in [-0.15, -0.1) is 0 Å². The summed E-state index contributed by atoms with van der Waals surface area (Å²) in [6.45, 7) is 4.25. The lowest BCUT2D eigenvalue weighted by atomic mass is 9.95. The molecule has 0 unspecified atom stereocenters. The molecule has 0 N–H and O–H groups in total. The van der Waals surface area contributed by atoms with E-state index in [0.29, 0.717) is 6.42 Å². The molecule has 3 heteroatoms. The number of aryl methyl sites for hydroxylation is 2. The smallest absolute Gasteiger partial charge is 0.259 e. The number of nitrogens with zero attached hydrogens (tertiary/aromatic N) is 2. The number of carbonyl (C=O) groups is 1. The van der Waals surface area contributed by atoms with Crippen LogP contribution in [0.15, 0.2) is 71.7 Å². The van der Waals surface area contributed by atoms with Gasteiger partial charge in [0.25, 0.3) is 5.91 Å². The van der Waals surface area contributed by atoms with Gasteiger partial charge in [-0.25, -0.2) is 0 Å². The third-order valence-corrected chi connectivity index (χ3v) is 5.70. The van der Waals surface area contributed by atoms with E-state index in [4.69, 9.17) is 4.99 Å². The Morgan fingerprint density at radius 1 is 0.926 bits per heavy atom. The minimum absolute atomic E-state index is 0.0160. The van der Waals surface area contributed by atoms with Crippen LogP contribution in [0.2, 0.25) is 0 Å². The molecule has 0 saturated heterocycles. The number of hydrogen-bond acceptors (Lipinski definition) is 2. The van der Waals surface area contributed by atoms with Crippen molar-refractivity contribution >= 4 is 23.0 Å². The van der Waals surface area contributed by atoms with E-state index < -0.39 is 0 Å². The van der Waals surface area contributed by atoms with Crippen molar-refractivity contribution in [3.63, 3.8) is 0 Å². The van der Waals surface area contributed by atoms with Crippen LogP contribution < -0.4 is 4.90 Å². The minimum atomic E-state index is -0.0160. The first-order chi connectivity index (χ1) is 13.1. The Balaban J connectivity index is 1.72. The van der Waals surface area contributed by atoms with Crippen molar-refractivity contribution in [2.45, 2.75) is 26.3 Å². The van der Waals surface area contributed by atoms with Gasteiger partial charge >= 0.3 is 0 Å². The van der Waals surface area contributed by atoms with E-state index in [1.54, 1.807) is 0 Å². The molecule has 2 aliphatic rings. The number of rotatable bonds is 1. The van der Waals surface area contributed by atoms with Crippen molar-refractivity contribution in [1.82, 2.24) is 0 Å². The summed E-state index contributed by atoms with van der Waals surface area (Å²) < 4.78 is 0. The van der Waals surface area contributed by atoms with Gasteiger partial charge in [0, 0.05) is 12.0 Å². The van der Waals surface area contributed by atoms with Crippen molar-refractivity contribution in [2.24, 2.45) is 4.99 Å². The maximum atomic E-state index is 13.2. The molecule has 5 rings (SSSR count). The predicted molar refractivity (Wildman–Crippen MR) is 109 cm³/mol. The molecule has 0 saturated carbocycles. The van der Waals surface area contributed by atoms with Crippen LogP contribution in [0.5, 0.6) is 0 Å². The van der Waals surface area contributed by atoms with E-state index in [0.717, 1.165) is 33.8 Å². The fraction of sp³-hybridized carbons (Fsp3) is 0.167. The van der Waals surface area contributed by atoms with Gasteiger partial charge in [0.05, 0.1) is 23.1 Å². The van der Waals surface area contributed by atoms with Crippen molar-refractivity contribution in [3.05, 3.63) is 94.5 Å². The Kier molecular flexibility index (Phi) is 3.51. The van der Waals surface area contributed by atoms with Gasteiger partial charge in [0.2, 0.25) is 0 Å². The standard InChI is InChI=1S/C24H20N2O/c1-15-11-12-17(13-16(15)2)21-14-23-18-7-3-4-8-19(18)24(27)26(23)22-10-6-5-9-20(22)25-21/h3-13,23H,14H2,1-2H3/t23-/m0/s1. The number of para-hydroxylation sites is 2. The molecule has 1 amide bonds. The highest BCUT2D eigenvalue weighted by Crippen LogP contribution is 2.45. The van der Waals surface area contributed by atoms with Gasteiger partial charge in [-0.1, -0.05) is 42.5 Å². The Hall–Kier alpha value is -3.20. The third kappa shape index (κ3) is 2.42. The fourth-order valence-corrected chi connectivity index (χ4v) is 4.11. The second-order valence-electron chi connectivity index (χ2n) is 7.33. The number of benzene rings is 3. The van der Waals surface area contributed by atoms with E-state index in [-0.39, 0.29) is 11.9 Å². The van der Waals surface area contributed by atoms with Crippen LogP contribution in [0.3, 0.4) is 0 Å². The van der Waals surface area contributed by atoms with Crippen LogP contribution >= 0.6 is 0 Å². The Morgan fingerprint density at radius 3 is 2.56 bits per heavy atom. The molecule has 2 aliphatic heterocycles. The summed E-state index contributed by atoms with van der Waals surface area (Å²) in [5, 5.41) is 0. The average molecular weight is 352 g/mol. The first-order valence-electron chi connectivity index (χ1n) is 9.30. The molecule has 2 heterocycles. The van der Waals surface area contributed by atoms with E-state index >= 15 is 0 Å². The molecule has 3 aromatic carbocycles. The summed E-state index contributed by atoms with van der Waals surface area (Å²) in [4.78, 5) is 20.1. The molecular formula is C24H20N2O. The first kappa shape index (κ1) is 16.0.